The van der Waals surface area contributed by atoms with E-state index in [1.165, 1.54) is 0 Å². The van der Waals surface area contributed by atoms with E-state index in [4.69, 9.17) is 0 Å². The Morgan fingerprint density at radius 3 is 2.43 bits per heavy atom. The number of halogens is 1. The van der Waals surface area contributed by atoms with Crippen molar-refractivity contribution in [3.63, 3.8) is 0 Å². The van der Waals surface area contributed by atoms with Crippen LogP contribution in [0.5, 0.6) is 0 Å². The first-order chi connectivity index (χ1) is 6.52. The van der Waals surface area contributed by atoms with Crippen molar-refractivity contribution >= 4 is 26.0 Å². The number of hydrogen-bond donors (Lipinski definition) is 1. The van der Waals surface area contributed by atoms with Gasteiger partial charge >= 0.3 is 0 Å². The van der Waals surface area contributed by atoms with Gasteiger partial charge in [0.2, 0.25) is 10.0 Å². The van der Waals surface area contributed by atoms with Crippen molar-refractivity contribution in [3.8, 4) is 0 Å². The maximum atomic E-state index is 11.6. The minimum absolute atomic E-state index is 0.126. The van der Waals surface area contributed by atoms with E-state index in [0.29, 0.717) is 11.4 Å². The summed E-state index contributed by atoms with van der Waals surface area (Å²) >= 11 is 3.27. The Labute approximate surface area is 92.7 Å². The summed E-state index contributed by atoms with van der Waals surface area (Å²) in [6.45, 7) is 2.27. The summed E-state index contributed by atoms with van der Waals surface area (Å²) < 4.78 is 25.7. The van der Waals surface area contributed by atoms with Gasteiger partial charge in [-0.1, -0.05) is 41.1 Å². The molecule has 0 aliphatic rings. The lowest BCUT2D eigenvalue weighted by Crippen LogP contribution is -2.28. The Kier molecular flexibility index (Phi) is 4.10. The van der Waals surface area contributed by atoms with E-state index in [9.17, 15) is 8.42 Å². The highest BCUT2D eigenvalue weighted by atomic mass is 79.9. The van der Waals surface area contributed by atoms with Crippen LogP contribution < -0.4 is 4.72 Å². The summed E-state index contributed by atoms with van der Waals surface area (Å²) in [5.74, 6) is 0. The molecule has 0 spiro atoms. The van der Waals surface area contributed by atoms with Crippen molar-refractivity contribution < 1.29 is 8.42 Å². The molecule has 5 heteroatoms. The van der Waals surface area contributed by atoms with Crippen LogP contribution in [0.1, 0.15) is 6.92 Å². The quantitative estimate of drug-likeness (QED) is 0.853. The van der Waals surface area contributed by atoms with Crippen LogP contribution in [0.3, 0.4) is 0 Å². The van der Waals surface area contributed by atoms with E-state index >= 15 is 0 Å². The van der Waals surface area contributed by atoms with Gasteiger partial charge in [-0.25, -0.2) is 13.1 Å². The van der Waals surface area contributed by atoms with Crippen molar-refractivity contribution in [3.05, 3.63) is 30.3 Å². The molecule has 0 radical (unpaired) electrons. The molecule has 1 rings (SSSR count). The zero-order chi connectivity index (χ0) is 10.6. The molecular weight excluding hydrogens is 266 g/mol. The molecule has 3 nitrogen and oxygen atoms in total. The van der Waals surface area contributed by atoms with Gasteiger partial charge in [0.1, 0.15) is 0 Å². The van der Waals surface area contributed by atoms with Gasteiger partial charge in [0.15, 0.2) is 0 Å². The van der Waals surface area contributed by atoms with Crippen LogP contribution in [0, 0.1) is 0 Å². The third kappa shape index (κ3) is 3.40. The molecule has 0 fully saturated rings. The van der Waals surface area contributed by atoms with Gasteiger partial charge in [-0.3, -0.25) is 0 Å². The molecule has 0 saturated heterocycles. The predicted octanol–water partition coefficient (Wildman–Crippen LogP) is 1.75. The standard InChI is InChI=1S/C9H12BrNO2S/c1-8(10)7-11-14(12,13)9-5-3-2-4-6-9/h2-6,8,11H,7H2,1H3. The van der Waals surface area contributed by atoms with Crippen LogP contribution in [-0.4, -0.2) is 19.8 Å². The van der Waals surface area contributed by atoms with Crippen molar-refractivity contribution in [2.24, 2.45) is 0 Å². The van der Waals surface area contributed by atoms with E-state index in [2.05, 4.69) is 20.7 Å². The van der Waals surface area contributed by atoms with Crippen LogP contribution in [0.25, 0.3) is 0 Å². The second-order valence-corrected chi connectivity index (χ2v) is 6.28. The van der Waals surface area contributed by atoms with E-state index in [-0.39, 0.29) is 4.83 Å². The molecular formula is C9H12BrNO2S. The molecule has 0 heterocycles. The molecule has 1 N–H and O–H groups in total. The smallest absolute Gasteiger partial charge is 0.210 e. The average molecular weight is 278 g/mol. The van der Waals surface area contributed by atoms with Crippen LogP contribution in [0.2, 0.25) is 0 Å². The molecule has 0 amide bonds. The van der Waals surface area contributed by atoms with Crippen LogP contribution in [0.15, 0.2) is 35.2 Å². The number of alkyl halides is 1. The highest BCUT2D eigenvalue weighted by Gasteiger charge is 2.12. The lowest BCUT2D eigenvalue weighted by molar-refractivity contribution is 0.581. The molecule has 14 heavy (non-hydrogen) atoms. The first kappa shape index (κ1) is 11.7. The molecule has 1 unspecified atom stereocenters. The van der Waals surface area contributed by atoms with Gasteiger partial charge in [-0.15, -0.1) is 0 Å². The van der Waals surface area contributed by atoms with E-state index in [0.717, 1.165) is 0 Å². The van der Waals surface area contributed by atoms with Gasteiger partial charge in [0.25, 0.3) is 0 Å². The van der Waals surface area contributed by atoms with Gasteiger partial charge in [-0.2, -0.15) is 0 Å². The summed E-state index contributed by atoms with van der Waals surface area (Å²) in [5.41, 5.74) is 0. The Morgan fingerprint density at radius 2 is 1.93 bits per heavy atom. The van der Waals surface area contributed by atoms with Gasteiger partial charge in [-0.05, 0) is 12.1 Å². The Hall–Kier alpha value is -0.390. The zero-order valence-electron chi connectivity index (χ0n) is 7.77. The normalized spacial score (nSPS) is 13.9. The van der Waals surface area contributed by atoms with Crippen molar-refractivity contribution in [1.29, 1.82) is 0 Å². The minimum atomic E-state index is -3.34. The Bertz CT molecular complexity index is 375. The van der Waals surface area contributed by atoms with Crippen LogP contribution >= 0.6 is 15.9 Å². The Morgan fingerprint density at radius 1 is 1.36 bits per heavy atom. The van der Waals surface area contributed by atoms with Gasteiger partial charge in [0, 0.05) is 11.4 Å². The Balaban J connectivity index is 2.77. The number of rotatable bonds is 4. The monoisotopic (exact) mass is 277 g/mol. The SMILES string of the molecule is CC(Br)CNS(=O)(=O)c1ccccc1. The third-order valence-electron chi connectivity index (χ3n) is 1.61. The number of nitrogens with one attached hydrogen (secondary N) is 1. The summed E-state index contributed by atoms with van der Waals surface area (Å²) in [7, 11) is -3.34. The van der Waals surface area contributed by atoms with Crippen LogP contribution in [0.4, 0.5) is 0 Å². The number of benzene rings is 1. The van der Waals surface area contributed by atoms with Crippen molar-refractivity contribution in [1.82, 2.24) is 4.72 Å². The minimum Gasteiger partial charge on any atom is -0.210 e. The molecule has 0 saturated carbocycles. The van der Waals surface area contributed by atoms with E-state index in [1.54, 1.807) is 30.3 Å². The maximum Gasteiger partial charge on any atom is 0.240 e. The predicted molar refractivity (Wildman–Crippen MR) is 60.0 cm³/mol. The molecule has 0 bridgehead atoms. The van der Waals surface area contributed by atoms with Crippen molar-refractivity contribution in [2.75, 3.05) is 6.54 Å². The fourth-order valence-electron chi connectivity index (χ4n) is 0.908. The highest BCUT2D eigenvalue weighted by molar-refractivity contribution is 9.09. The first-order valence-corrected chi connectivity index (χ1v) is 6.61. The second kappa shape index (κ2) is 4.91. The molecule has 1 atom stereocenters. The number of hydrogen-bond acceptors (Lipinski definition) is 2. The molecule has 0 aliphatic heterocycles. The second-order valence-electron chi connectivity index (χ2n) is 2.95. The van der Waals surface area contributed by atoms with E-state index < -0.39 is 10.0 Å². The summed E-state index contributed by atoms with van der Waals surface area (Å²) in [6.07, 6.45) is 0. The van der Waals surface area contributed by atoms with Crippen molar-refractivity contribution in [2.45, 2.75) is 16.6 Å². The fourth-order valence-corrected chi connectivity index (χ4v) is 2.44. The topological polar surface area (TPSA) is 46.2 Å². The van der Waals surface area contributed by atoms with Gasteiger partial charge in [0.05, 0.1) is 4.90 Å². The fraction of sp³-hybridized carbons (Fsp3) is 0.333. The lowest BCUT2D eigenvalue weighted by Gasteiger charge is -2.07. The molecule has 0 aromatic heterocycles. The van der Waals surface area contributed by atoms with Crippen LogP contribution in [-0.2, 0) is 10.0 Å². The van der Waals surface area contributed by atoms with E-state index in [1.807, 2.05) is 6.92 Å². The summed E-state index contributed by atoms with van der Waals surface area (Å²) in [4.78, 5) is 0.425. The molecule has 0 aliphatic carbocycles. The van der Waals surface area contributed by atoms with Gasteiger partial charge < -0.3 is 0 Å². The average Bonchev–Trinajstić information content (AvgIpc) is 2.16. The third-order valence-corrected chi connectivity index (χ3v) is 3.37. The lowest BCUT2D eigenvalue weighted by atomic mass is 10.4. The first-order valence-electron chi connectivity index (χ1n) is 4.21. The summed E-state index contributed by atoms with van der Waals surface area (Å²) in [6, 6.07) is 8.33. The maximum absolute atomic E-state index is 11.6. The molecule has 1 aromatic carbocycles. The highest BCUT2D eigenvalue weighted by Crippen LogP contribution is 2.07. The summed E-state index contributed by atoms with van der Waals surface area (Å²) in [5, 5.41) is 0. The zero-order valence-corrected chi connectivity index (χ0v) is 10.2. The largest absolute Gasteiger partial charge is 0.240 e. The number of sulfonamides is 1. The molecule has 78 valence electrons. The molecule has 1 aromatic rings.